The van der Waals surface area contributed by atoms with Crippen molar-refractivity contribution in [3.63, 3.8) is 0 Å². The molecule has 166 valence electrons. The second-order valence-electron chi connectivity index (χ2n) is 10.0. The van der Waals surface area contributed by atoms with E-state index in [4.69, 9.17) is 11.6 Å². The van der Waals surface area contributed by atoms with Crippen LogP contribution in [0.2, 0.25) is 5.02 Å². The molecular weight excluding hydrogens is 410 g/mol. The average molecular weight is 442 g/mol. The summed E-state index contributed by atoms with van der Waals surface area (Å²) in [4.78, 5) is 18.6. The molecule has 1 aromatic carbocycles. The van der Waals surface area contributed by atoms with Crippen LogP contribution in [0.25, 0.3) is 10.8 Å². The molecule has 3 aliphatic rings. The summed E-state index contributed by atoms with van der Waals surface area (Å²) in [5, 5.41) is 15.8. The van der Waals surface area contributed by atoms with Gasteiger partial charge in [0.2, 0.25) is 0 Å². The molecule has 3 heterocycles. The molecule has 2 unspecified atom stereocenters. The third kappa shape index (κ3) is 4.27. The molecule has 2 atom stereocenters. The Kier molecular flexibility index (Phi) is 5.82. The largest absolute Gasteiger partial charge is 0.481 e. The molecule has 2 N–H and O–H groups in total. The van der Waals surface area contributed by atoms with Gasteiger partial charge < -0.3 is 10.4 Å². The molecule has 0 amide bonds. The molecule has 31 heavy (non-hydrogen) atoms. The fourth-order valence-electron chi connectivity index (χ4n) is 5.98. The molecule has 3 fully saturated rings. The second kappa shape index (κ2) is 8.59. The van der Waals surface area contributed by atoms with Crippen LogP contribution in [0.3, 0.4) is 0 Å². The number of aliphatic carboxylic acids is 1. The van der Waals surface area contributed by atoms with Gasteiger partial charge in [0.25, 0.3) is 0 Å². The topological polar surface area (TPSA) is 65.5 Å². The Bertz CT molecular complexity index is 959. The molecule has 2 aliphatic heterocycles. The van der Waals surface area contributed by atoms with Crippen LogP contribution in [0.15, 0.2) is 24.4 Å². The van der Waals surface area contributed by atoms with Crippen molar-refractivity contribution in [2.45, 2.75) is 83.0 Å². The first kappa shape index (κ1) is 21.0. The average Bonchev–Trinajstić information content (AvgIpc) is 2.98. The molecular formula is C25H32ClN3O2. The van der Waals surface area contributed by atoms with E-state index in [9.17, 15) is 9.90 Å². The van der Waals surface area contributed by atoms with E-state index < -0.39 is 5.97 Å². The summed E-state index contributed by atoms with van der Waals surface area (Å²) in [7, 11) is 0. The minimum atomic E-state index is -0.630. The highest BCUT2D eigenvalue weighted by Crippen LogP contribution is 2.40. The number of rotatable bonds is 5. The Balaban J connectivity index is 1.30. The Hall–Kier alpha value is -1.85. The van der Waals surface area contributed by atoms with Crippen LogP contribution in [0.1, 0.15) is 63.9 Å². The summed E-state index contributed by atoms with van der Waals surface area (Å²) < 4.78 is 0. The highest BCUT2D eigenvalue weighted by atomic mass is 35.5. The maximum atomic E-state index is 11.4. The monoisotopic (exact) mass is 441 g/mol. The van der Waals surface area contributed by atoms with E-state index in [1.54, 1.807) is 0 Å². The van der Waals surface area contributed by atoms with Gasteiger partial charge in [0, 0.05) is 41.6 Å². The number of carboxylic acids is 1. The van der Waals surface area contributed by atoms with Crippen molar-refractivity contribution in [1.82, 2.24) is 9.88 Å². The molecule has 0 radical (unpaired) electrons. The standard InChI is InChI=1S/C25H32ClN3O2/c1-15-2-5-19(6-3-15)28-24-23(26)22-9-4-16(10-18(22)13-27-24)14-29-20-7-8-21(29)12-17(11-20)25(30)31/h4,9-10,13,15,17,19-21H,2-3,5-8,11-12,14H2,1H3,(H,27,28)(H,30,31)/t15-,17?,19-,20?,21?. The van der Waals surface area contributed by atoms with Crippen molar-refractivity contribution in [1.29, 1.82) is 0 Å². The van der Waals surface area contributed by atoms with Crippen LogP contribution in [0, 0.1) is 11.8 Å². The van der Waals surface area contributed by atoms with Gasteiger partial charge in [-0.3, -0.25) is 9.69 Å². The number of hydrogen-bond donors (Lipinski definition) is 2. The summed E-state index contributed by atoms with van der Waals surface area (Å²) in [5.41, 5.74) is 1.25. The van der Waals surface area contributed by atoms with Crippen molar-refractivity contribution in [3.8, 4) is 0 Å². The van der Waals surface area contributed by atoms with E-state index in [0.717, 1.165) is 54.7 Å². The summed E-state index contributed by atoms with van der Waals surface area (Å²) in [6.07, 6.45) is 10.6. The third-order valence-corrected chi connectivity index (χ3v) is 8.23. The molecule has 0 spiro atoms. The molecule has 5 nitrogen and oxygen atoms in total. The lowest BCUT2D eigenvalue weighted by Crippen LogP contribution is -2.44. The minimum Gasteiger partial charge on any atom is -0.481 e. The molecule has 1 aromatic heterocycles. The van der Waals surface area contributed by atoms with E-state index in [1.807, 2.05) is 6.20 Å². The number of hydrogen-bond acceptors (Lipinski definition) is 4. The number of nitrogens with one attached hydrogen (secondary N) is 1. The Labute approximate surface area is 189 Å². The Morgan fingerprint density at radius 1 is 1.16 bits per heavy atom. The highest BCUT2D eigenvalue weighted by molar-refractivity contribution is 6.37. The quantitative estimate of drug-likeness (QED) is 0.622. The van der Waals surface area contributed by atoms with Gasteiger partial charge in [0.1, 0.15) is 5.82 Å². The first-order chi connectivity index (χ1) is 15.0. The summed E-state index contributed by atoms with van der Waals surface area (Å²) in [6, 6.07) is 7.73. The van der Waals surface area contributed by atoms with Crippen LogP contribution < -0.4 is 5.32 Å². The molecule has 2 saturated heterocycles. The lowest BCUT2D eigenvalue weighted by atomic mass is 9.87. The van der Waals surface area contributed by atoms with E-state index in [-0.39, 0.29) is 5.92 Å². The van der Waals surface area contributed by atoms with Crippen molar-refractivity contribution >= 4 is 34.2 Å². The van der Waals surface area contributed by atoms with Gasteiger partial charge >= 0.3 is 5.97 Å². The zero-order valence-electron chi connectivity index (χ0n) is 18.2. The predicted molar refractivity (Wildman–Crippen MR) is 125 cm³/mol. The first-order valence-corrected chi connectivity index (χ1v) is 12.2. The number of fused-ring (bicyclic) bond motifs is 3. The number of halogens is 1. The second-order valence-corrected chi connectivity index (χ2v) is 10.4. The molecule has 2 aromatic rings. The van der Waals surface area contributed by atoms with Gasteiger partial charge in [-0.1, -0.05) is 30.7 Å². The van der Waals surface area contributed by atoms with E-state index in [0.29, 0.717) is 23.1 Å². The maximum absolute atomic E-state index is 11.4. The Morgan fingerprint density at radius 2 is 1.87 bits per heavy atom. The van der Waals surface area contributed by atoms with Crippen LogP contribution in [0.5, 0.6) is 0 Å². The minimum absolute atomic E-state index is 0.174. The van der Waals surface area contributed by atoms with Crippen molar-refractivity contribution in [3.05, 3.63) is 35.0 Å². The number of pyridine rings is 1. The lowest BCUT2D eigenvalue weighted by molar-refractivity contribution is -0.144. The normalized spacial score (nSPS) is 31.1. The van der Waals surface area contributed by atoms with Crippen molar-refractivity contribution in [2.75, 3.05) is 5.32 Å². The molecule has 6 heteroatoms. The summed E-state index contributed by atoms with van der Waals surface area (Å²) >= 11 is 6.74. The van der Waals surface area contributed by atoms with Crippen molar-refractivity contribution in [2.24, 2.45) is 11.8 Å². The molecule has 1 saturated carbocycles. The zero-order valence-corrected chi connectivity index (χ0v) is 18.9. The van der Waals surface area contributed by atoms with Crippen LogP contribution >= 0.6 is 11.6 Å². The van der Waals surface area contributed by atoms with Gasteiger partial charge in [-0.05, 0) is 68.9 Å². The smallest absolute Gasteiger partial charge is 0.306 e. The van der Waals surface area contributed by atoms with Gasteiger partial charge in [0.15, 0.2) is 0 Å². The molecule has 1 aliphatic carbocycles. The van der Waals surface area contributed by atoms with E-state index in [1.165, 1.54) is 31.2 Å². The molecule has 2 bridgehead atoms. The zero-order chi connectivity index (χ0) is 21.5. The van der Waals surface area contributed by atoms with Gasteiger partial charge in [-0.25, -0.2) is 4.98 Å². The Morgan fingerprint density at radius 3 is 2.55 bits per heavy atom. The SMILES string of the molecule is C[C@H]1CC[C@H](Nc2ncc3cc(CN4C5CCC4CC(C(=O)O)C5)ccc3c2Cl)CC1. The van der Waals surface area contributed by atoms with Crippen molar-refractivity contribution < 1.29 is 9.90 Å². The van der Waals surface area contributed by atoms with E-state index in [2.05, 4.69) is 40.3 Å². The number of nitrogens with zero attached hydrogens (tertiary/aromatic N) is 2. The van der Waals surface area contributed by atoms with Gasteiger partial charge in [0.05, 0.1) is 10.9 Å². The van der Waals surface area contributed by atoms with E-state index >= 15 is 0 Å². The number of aromatic nitrogens is 1. The third-order valence-electron chi connectivity index (χ3n) is 7.85. The summed E-state index contributed by atoms with van der Waals surface area (Å²) in [5.74, 6) is 0.818. The summed E-state index contributed by atoms with van der Waals surface area (Å²) in [6.45, 7) is 3.20. The van der Waals surface area contributed by atoms with Crippen LogP contribution in [-0.2, 0) is 11.3 Å². The number of piperidine rings is 1. The predicted octanol–water partition coefficient (Wildman–Crippen LogP) is 5.71. The lowest BCUT2D eigenvalue weighted by Gasteiger charge is -2.37. The van der Waals surface area contributed by atoms with Crippen LogP contribution in [-0.4, -0.2) is 39.1 Å². The number of carboxylic acid groups (broad SMARTS) is 1. The highest BCUT2D eigenvalue weighted by Gasteiger charge is 2.42. The van der Waals surface area contributed by atoms with Gasteiger partial charge in [-0.2, -0.15) is 0 Å². The number of carbonyl (C=O) groups is 1. The van der Waals surface area contributed by atoms with Gasteiger partial charge in [-0.15, -0.1) is 0 Å². The fourth-order valence-corrected chi connectivity index (χ4v) is 6.25. The number of anilines is 1. The van der Waals surface area contributed by atoms with Crippen LogP contribution in [0.4, 0.5) is 5.82 Å². The number of benzene rings is 1. The fraction of sp³-hybridized carbons (Fsp3) is 0.600. The maximum Gasteiger partial charge on any atom is 0.306 e. The first-order valence-electron chi connectivity index (χ1n) is 11.8. The molecule has 5 rings (SSSR count).